The maximum atomic E-state index is 9.28. The second-order valence-corrected chi connectivity index (χ2v) is 4.44. The fourth-order valence-corrected chi connectivity index (χ4v) is 2.22. The van der Waals surface area contributed by atoms with E-state index < -0.39 is 0 Å². The van der Waals surface area contributed by atoms with Gasteiger partial charge in [0.25, 0.3) is 0 Å². The van der Waals surface area contributed by atoms with E-state index in [4.69, 9.17) is 10.00 Å². The first-order valence-electron chi connectivity index (χ1n) is 6.40. The summed E-state index contributed by atoms with van der Waals surface area (Å²) < 4.78 is 7.03. The lowest BCUT2D eigenvalue weighted by molar-refractivity contribution is 0.403. The number of nitrogens with zero attached hydrogens (tertiary/aromatic N) is 4. The third-order valence-corrected chi connectivity index (χ3v) is 3.37. The van der Waals surface area contributed by atoms with E-state index in [1.54, 1.807) is 11.7 Å². The molecule has 1 aromatic carbocycles. The van der Waals surface area contributed by atoms with Crippen LogP contribution in [0.3, 0.4) is 0 Å². The van der Waals surface area contributed by atoms with Crippen LogP contribution in [0.2, 0.25) is 0 Å². The van der Waals surface area contributed by atoms with Crippen LogP contribution in [0.15, 0.2) is 24.5 Å². The van der Waals surface area contributed by atoms with E-state index in [9.17, 15) is 5.26 Å². The quantitative estimate of drug-likeness (QED) is 0.925. The van der Waals surface area contributed by atoms with Crippen LogP contribution in [-0.2, 0) is 0 Å². The van der Waals surface area contributed by atoms with Crippen LogP contribution in [0.25, 0.3) is 5.69 Å². The molecule has 0 saturated heterocycles. The number of aromatic nitrogens is 2. The number of ether oxygens (including phenoxy) is 1. The molecule has 0 aliphatic rings. The van der Waals surface area contributed by atoms with Crippen molar-refractivity contribution in [2.24, 2.45) is 0 Å². The molecular weight excluding hydrogens is 266 g/mol. The van der Waals surface area contributed by atoms with Gasteiger partial charge in [-0.05, 0) is 26.1 Å². The van der Waals surface area contributed by atoms with Crippen LogP contribution in [0, 0.1) is 22.7 Å². The van der Waals surface area contributed by atoms with E-state index in [-0.39, 0.29) is 17.4 Å². The molecule has 1 heterocycles. The Hall–Kier alpha value is -2.83. The highest BCUT2D eigenvalue weighted by Crippen LogP contribution is 2.31. The van der Waals surface area contributed by atoms with E-state index in [0.29, 0.717) is 5.75 Å². The molecule has 0 amide bonds. The zero-order chi connectivity index (χ0) is 15.4. The van der Waals surface area contributed by atoms with Gasteiger partial charge in [-0.15, -0.1) is 0 Å². The van der Waals surface area contributed by atoms with Crippen LogP contribution in [0.1, 0.15) is 29.9 Å². The number of methoxy groups -OCH3 is 1. The number of nitriles is 2. The summed E-state index contributed by atoms with van der Waals surface area (Å²) >= 11 is 0. The van der Waals surface area contributed by atoms with Crippen molar-refractivity contribution in [2.45, 2.75) is 13.0 Å². The molecular formula is C15H15N5O. The molecule has 0 aliphatic carbocycles. The number of nitrogens with one attached hydrogen (secondary N) is 1. The average Bonchev–Trinajstić information content (AvgIpc) is 2.95. The van der Waals surface area contributed by atoms with Gasteiger partial charge in [-0.25, -0.2) is 4.98 Å². The van der Waals surface area contributed by atoms with Crippen molar-refractivity contribution in [1.29, 1.82) is 10.5 Å². The predicted octanol–water partition coefficient (Wildman–Crippen LogP) is 1.90. The van der Waals surface area contributed by atoms with Gasteiger partial charge in [-0.3, -0.25) is 4.57 Å². The summed E-state index contributed by atoms with van der Waals surface area (Å²) in [5.41, 5.74) is 2.00. The maximum absolute atomic E-state index is 9.28. The predicted molar refractivity (Wildman–Crippen MR) is 77.0 cm³/mol. The molecule has 0 fully saturated rings. The molecule has 1 atom stereocenters. The number of imidazole rings is 1. The Kier molecular flexibility index (Phi) is 4.22. The van der Waals surface area contributed by atoms with Crippen molar-refractivity contribution in [3.63, 3.8) is 0 Å². The van der Waals surface area contributed by atoms with Crippen LogP contribution in [-0.4, -0.2) is 23.7 Å². The minimum atomic E-state index is 0.00984. The molecule has 0 spiro atoms. The first-order chi connectivity index (χ1) is 10.2. The number of rotatable bonds is 4. The molecule has 1 N–H and O–H groups in total. The van der Waals surface area contributed by atoms with Gasteiger partial charge in [0, 0.05) is 11.6 Å². The maximum Gasteiger partial charge on any atom is 0.177 e. The molecule has 0 radical (unpaired) electrons. The Balaban J connectivity index is 2.74. The summed E-state index contributed by atoms with van der Waals surface area (Å²) in [5.74, 6) is 0.713. The highest BCUT2D eigenvalue weighted by molar-refractivity contribution is 5.54. The number of benzene rings is 1. The van der Waals surface area contributed by atoms with Crippen molar-refractivity contribution < 1.29 is 4.74 Å². The van der Waals surface area contributed by atoms with Crippen molar-refractivity contribution in [3.05, 3.63) is 41.5 Å². The Morgan fingerprint density at radius 2 is 2.10 bits per heavy atom. The zero-order valence-corrected chi connectivity index (χ0v) is 12.1. The molecule has 2 aromatic rings. The third kappa shape index (κ3) is 2.45. The standard InChI is InChI=1S/C15H15N5O/c1-10(18-2)15-12(5-4-6-14(15)21-3)20-9-19-11(7-16)13(20)8-17/h4-6,9-10,18H,1-3H3. The number of hydrogen-bond acceptors (Lipinski definition) is 5. The largest absolute Gasteiger partial charge is 0.496 e. The van der Waals surface area contributed by atoms with E-state index in [0.717, 1.165) is 11.3 Å². The molecule has 1 aromatic heterocycles. The second-order valence-electron chi connectivity index (χ2n) is 4.44. The Morgan fingerprint density at radius 1 is 1.33 bits per heavy atom. The van der Waals surface area contributed by atoms with E-state index in [1.165, 1.54) is 6.33 Å². The lowest BCUT2D eigenvalue weighted by atomic mass is 10.0. The first kappa shape index (κ1) is 14.6. The van der Waals surface area contributed by atoms with Gasteiger partial charge in [-0.2, -0.15) is 10.5 Å². The van der Waals surface area contributed by atoms with Gasteiger partial charge in [-0.1, -0.05) is 6.07 Å². The van der Waals surface area contributed by atoms with Crippen molar-refractivity contribution >= 4 is 0 Å². The van der Waals surface area contributed by atoms with Gasteiger partial charge in [0.15, 0.2) is 11.4 Å². The molecule has 21 heavy (non-hydrogen) atoms. The minimum Gasteiger partial charge on any atom is -0.496 e. The van der Waals surface area contributed by atoms with Gasteiger partial charge >= 0.3 is 0 Å². The molecule has 0 saturated carbocycles. The SMILES string of the molecule is CNC(C)c1c(OC)cccc1-n1cnc(C#N)c1C#N. The summed E-state index contributed by atoms with van der Waals surface area (Å²) in [5, 5.41) is 21.5. The average molecular weight is 281 g/mol. The summed E-state index contributed by atoms with van der Waals surface area (Å²) in [7, 11) is 3.45. The molecule has 6 nitrogen and oxygen atoms in total. The highest BCUT2D eigenvalue weighted by atomic mass is 16.5. The van der Waals surface area contributed by atoms with Crippen LogP contribution < -0.4 is 10.1 Å². The second kappa shape index (κ2) is 6.08. The third-order valence-electron chi connectivity index (χ3n) is 3.37. The lowest BCUT2D eigenvalue weighted by Crippen LogP contribution is -2.16. The van der Waals surface area contributed by atoms with Gasteiger partial charge in [0.2, 0.25) is 0 Å². The van der Waals surface area contributed by atoms with Gasteiger partial charge in [0.1, 0.15) is 24.2 Å². The topological polar surface area (TPSA) is 86.7 Å². The highest BCUT2D eigenvalue weighted by Gasteiger charge is 2.19. The smallest absolute Gasteiger partial charge is 0.177 e. The summed E-state index contributed by atoms with van der Waals surface area (Å²) in [4.78, 5) is 3.98. The molecule has 6 heteroatoms. The minimum absolute atomic E-state index is 0.00984. The van der Waals surface area contributed by atoms with Crippen molar-refractivity contribution in [1.82, 2.24) is 14.9 Å². The summed E-state index contributed by atoms with van der Waals surface area (Å²) in [6, 6.07) is 9.54. The van der Waals surface area contributed by atoms with Gasteiger partial charge in [0.05, 0.1) is 12.8 Å². The van der Waals surface area contributed by atoms with Crippen LogP contribution >= 0.6 is 0 Å². The Labute approximate surface area is 123 Å². The Bertz CT molecular complexity index is 735. The summed E-state index contributed by atoms with van der Waals surface area (Å²) in [6.07, 6.45) is 1.48. The Morgan fingerprint density at radius 3 is 2.67 bits per heavy atom. The lowest BCUT2D eigenvalue weighted by Gasteiger charge is -2.20. The first-order valence-corrected chi connectivity index (χ1v) is 6.40. The molecule has 2 rings (SSSR count). The fourth-order valence-electron chi connectivity index (χ4n) is 2.22. The monoisotopic (exact) mass is 281 g/mol. The van der Waals surface area contributed by atoms with Crippen LogP contribution in [0.5, 0.6) is 5.75 Å². The van der Waals surface area contributed by atoms with E-state index >= 15 is 0 Å². The van der Waals surface area contributed by atoms with E-state index in [1.807, 2.05) is 44.3 Å². The molecule has 1 unspecified atom stereocenters. The molecule has 0 bridgehead atoms. The zero-order valence-electron chi connectivity index (χ0n) is 12.1. The fraction of sp³-hybridized carbons (Fsp3) is 0.267. The van der Waals surface area contributed by atoms with Crippen LogP contribution in [0.4, 0.5) is 0 Å². The van der Waals surface area contributed by atoms with Crippen molar-refractivity contribution in [3.8, 4) is 23.6 Å². The normalized spacial score (nSPS) is 11.5. The molecule has 106 valence electrons. The van der Waals surface area contributed by atoms with E-state index in [2.05, 4.69) is 10.3 Å². The number of hydrogen-bond donors (Lipinski definition) is 1. The van der Waals surface area contributed by atoms with Crippen molar-refractivity contribution in [2.75, 3.05) is 14.2 Å². The van der Waals surface area contributed by atoms with Gasteiger partial charge < -0.3 is 10.1 Å². The summed E-state index contributed by atoms with van der Waals surface area (Å²) in [6.45, 7) is 2.00. The molecule has 0 aliphatic heterocycles.